The van der Waals surface area contributed by atoms with E-state index in [1.54, 1.807) is 0 Å². The lowest BCUT2D eigenvalue weighted by atomic mass is 9.81. The Balaban J connectivity index is 0.00000121. The minimum Gasteiger partial charge on any atom is -0.197 e. The average Bonchev–Trinajstić information content (AvgIpc) is 2.09. The highest BCUT2D eigenvalue weighted by molar-refractivity contribution is 5.02. The van der Waals surface area contributed by atoms with E-state index in [0.29, 0.717) is 5.92 Å². The third-order valence-electron chi connectivity index (χ3n) is 2.40. The van der Waals surface area contributed by atoms with Gasteiger partial charge in [0.05, 0.1) is 12.1 Å². The molecule has 1 rings (SSSR count). The van der Waals surface area contributed by atoms with E-state index >= 15 is 0 Å². The Morgan fingerprint density at radius 2 is 1.50 bits per heavy atom. The van der Waals surface area contributed by atoms with Crippen molar-refractivity contribution < 1.29 is 0 Å². The van der Waals surface area contributed by atoms with E-state index in [-0.39, 0.29) is 13.3 Å². The van der Waals surface area contributed by atoms with Crippen molar-refractivity contribution in [3.8, 4) is 12.1 Å². The summed E-state index contributed by atoms with van der Waals surface area (Å²) in [4.78, 5) is 0. The molecule has 0 aromatic rings. The molecule has 0 radical (unpaired) electrons. The van der Waals surface area contributed by atoms with Gasteiger partial charge in [0.2, 0.25) is 0 Å². The second kappa shape index (κ2) is 5.61. The number of nitrogens with zero attached hydrogens (tertiary/aromatic N) is 2. The molecule has 0 atom stereocenters. The van der Waals surface area contributed by atoms with Gasteiger partial charge in [-0.1, -0.05) is 26.7 Å². The molecular formula is C10H16N2. The van der Waals surface area contributed by atoms with Gasteiger partial charge in [-0.05, 0) is 18.8 Å². The molecule has 1 fully saturated rings. The lowest BCUT2D eigenvalue weighted by molar-refractivity contribution is 0.326. The Hall–Kier alpha value is -1.02. The second-order valence-corrected chi connectivity index (χ2v) is 3.13. The van der Waals surface area contributed by atoms with Crippen molar-refractivity contribution in [3.63, 3.8) is 0 Å². The largest absolute Gasteiger partial charge is 0.197 e. The topological polar surface area (TPSA) is 47.6 Å². The first-order valence-electron chi connectivity index (χ1n) is 4.17. The molecule has 0 bridgehead atoms. The Morgan fingerprint density at radius 3 is 1.92 bits per heavy atom. The zero-order valence-electron chi connectivity index (χ0n) is 6.58. The van der Waals surface area contributed by atoms with Crippen molar-refractivity contribution in [2.75, 3.05) is 0 Å². The highest BCUT2D eigenvalue weighted by Gasteiger charge is 2.22. The van der Waals surface area contributed by atoms with Crippen LogP contribution in [0.2, 0.25) is 0 Å². The summed E-state index contributed by atoms with van der Waals surface area (Å²) in [6.07, 6.45) is 5.83. The summed E-state index contributed by atoms with van der Waals surface area (Å²) in [5.41, 5.74) is 0. The molecule has 1 saturated carbocycles. The molecule has 0 aliphatic heterocycles. The summed E-state index contributed by atoms with van der Waals surface area (Å²) < 4.78 is 0. The average molecular weight is 164 g/mol. The number of rotatable bonds is 1. The summed E-state index contributed by atoms with van der Waals surface area (Å²) in [7, 11) is 0. The first-order valence-corrected chi connectivity index (χ1v) is 4.17. The minimum absolute atomic E-state index is 0. The third kappa shape index (κ3) is 2.55. The van der Waals surface area contributed by atoms with Crippen molar-refractivity contribution in [1.82, 2.24) is 0 Å². The van der Waals surface area contributed by atoms with E-state index in [2.05, 4.69) is 12.1 Å². The van der Waals surface area contributed by atoms with Gasteiger partial charge in [-0.25, -0.2) is 0 Å². The molecule has 1 aliphatic carbocycles. The van der Waals surface area contributed by atoms with E-state index in [4.69, 9.17) is 10.5 Å². The second-order valence-electron chi connectivity index (χ2n) is 3.13. The maximum atomic E-state index is 8.61. The van der Waals surface area contributed by atoms with E-state index < -0.39 is 0 Å². The van der Waals surface area contributed by atoms with Gasteiger partial charge in [-0.2, -0.15) is 10.5 Å². The predicted octanol–water partition coefficient (Wildman–Crippen LogP) is 2.87. The van der Waals surface area contributed by atoms with Gasteiger partial charge in [0.15, 0.2) is 0 Å². The molecule has 2 nitrogen and oxygen atoms in total. The summed E-state index contributed by atoms with van der Waals surface area (Å²) in [5, 5.41) is 17.2. The number of nitriles is 2. The smallest absolute Gasteiger partial charge is 0.136 e. The Kier molecular flexibility index (Phi) is 5.13. The third-order valence-corrected chi connectivity index (χ3v) is 2.40. The fraction of sp³-hybridized carbons (Fsp3) is 0.800. The van der Waals surface area contributed by atoms with Crippen molar-refractivity contribution in [2.45, 2.75) is 39.5 Å². The van der Waals surface area contributed by atoms with Crippen molar-refractivity contribution in [3.05, 3.63) is 0 Å². The van der Waals surface area contributed by atoms with Gasteiger partial charge < -0.3 is 0 Å². The van der Waals surface area contributed by atoms with Crippen molar-refractivity contribution >= 4 is 0 Å². The fourth-order valence-electron chi connectivity index (χ4n) is 1.71. The molecular weight excluding hydrogens is 148 g/mol. The SMILES string of the molecule is C.N#CC(C#N)C1CCCCC1. The zero-order valence-corrected chi connectivity index (χ0v) is 6.58. The first-order chi connectivity index (χ1) is 5.38. The van der Waals surface area contributed by atoms with Crippen LogP contribution in [-0.2, 0) is 0 Å². The molecule has 66 valence electrons. The monoisotopic (exact) mass is 164 g/mol. The van der Waals surface area contributed by atoms with Gasteiger partial charge in [-0.15, -0.1) is 0 Å². The maximum absolute atomic E-state index is 8.61. The molecule has 0 heterocycles. The van der Waals surface area contributed by atoms with Crippen LogP contribution in [0.4, 0.5) is 0 Å². The predicted molar refractivity (Wildman–Crippen MR) is 48.0 cm³/mol. The van der Waals surface area contributed by atoms with Crippen LogP contribution >= 0.6 is 0 Å². The van der Waals surface area contributed by atoms with Crippen LogP contribution in [0.1, 0.15) is 39.5 Å². The summed E-state index contributed by atoms with van der Waals surface area (Å²) in [6, 6.07) is 4.12. The molecule has 1 aliphatic rings. The molecule has 0 aromatic heterocycles. The Morgan fingerprint density at radius 1 is 1.00 bits per heavy atom. The van der Waals surface area contributed by atoms with Gasteiger partial charge in [0.25, 0.3) is 0 Å². The van der Waals surface area contributed by atoms with Crippen molar-refractivity contribution in [2.24, 2.45) is 11.8 Å². The fourth-order valence-corrected chi connectivity index (χ4v) is 1.71. The molecule has 0 aromatic carbocycles. The highest BCUT2D eigenvalue weighted by atomic mass is 14.4. The van der Waals surface area contributed by atoms with Gasteiger partial charge in [0, 0.05) is 0 Å². The molecule has 0 N–H and O–H groups in total. The first kappa shape index (κ1) is 11.0. The van der Waals surface area contributed by atoms with E-state index in [1.807, 2.05) is 0 Å². The van der Waals surface area contributed by atoms with Gasteiger partial charge in [-0.3, -0.25) is 0 Å². The van der Waals surface area contributed by atoms with E-state index in [1.165, 1.54) is 19.3 Å². The lowest BCUT2D eigenvalue weighted by Crippen LogP contribution is -2.14. The van der Waals surface area contributed by atoms with Crippen LogP contribution in [0.25, 0.3) is 0 Å². The Bertz CT molecular complexity index is 177. The maximum Gasteiger partial charge on any atom is 0.136 e. The summed E-state index contributed by atoms with van der Waals surface area (Å²) in [5.74, 6) is 0.00838. The quantitative estimate of drug-likeness (QED) is 0.598. The number of hydrogen-bond acceptors (Lipinski definition) is 2. The number of hydrogen-bond donors (Lipinski definition) is 0. The van der Waals surface area contributed by atoms with Crippen LogP contribution in [0, 0.1) is 34.5 Å². The lowest BCUT2D eigenvalue weighted by Gasteiger charge is -2.21. The van der Waals surface area contributed by atoms with Gasteiger partial charge >= 0.3 is 0 Å². The van der Waals surface area contributed by atoms with Crippen LogP contribution in [0.5, 0.6) is 0 Å². The minimum atomic E-state index is -0.352. The molecule has 12 heavy (non-hydrogen) atoms. The van der Waals surface area contributed by atoms with E-state index in [0.717, 1.165) is 12.8 Å². The van der Waals surface area contributed by atoms with Gasteiger partial charge in [0.1, 0.15) is 5.92 Å². The van der Waals surface area contributed by atoms with Crippen molar-refractivity contribution in [1.29, 1.82) is 10.5 Å². The summed E-state index contributed by atoms with van der Waals surface area (Å²) in [6.45, 7) is 0. The molecule has 0 spiro atoms. The van der Waals surface area contributed by atoms with Crippen LogP contribution in [0.3, 0.4) is 0 Å². The van der Waals surface area contributed by atoms with E-state index in [9.17, 15) is 0 Å². The van der Waals surface area contributed by atoms with Crippen LogP contribution in [-0.4, -0.2) is 0 Å². The standard InChI is InChI=1S/C9H12N2.CH4/c10-6-9(7-11)8-4-2-1-3-5-8;/h8-9H,1-5H2;1H4. The highest BCUT2D eigenvalue weighted by Crippen LogP contribution is 2.29. The van der Waals surface area contributed by atoms with Crippen LogP contribution in [0.15, 0.2) is 0 Å². The zero-order chi connectivity index (χ0) is 8.10. The molecule has 0 unspecified atom stereocenters. The molecule has 0 saturated heterocycles. The Labute approximate surface area is 74.8 Å². The summed E-state index contributed by atoms with van der Waals surface area (Å²) >= 11 is 0. The molecule has 0 amide bonds. The normalized spacial score (nSPS) is 17.6. The van der Waals surface area contributed by atoms with Crippen LogP contribution < -0.4 is 0 Å². The molecule has 2 heteroatoms.